The Balaban J connectivity index is 3.08. The van der Waals surface area contributed by atoms with Gasteiger partial charge in [0, 0.05) is 19.9 Å². The minimum absolute atomic E-state index is 0.0539. The molecule has 0 aliphatic rings. The predicted molar refractivity (Wildman–Crippen MR) is 49.4 cm³/mol. The predicted octanol–water partition coefficient (Wildman–Crippen LogP) is 1.16. The van der Waals surface area contributed by atoms with Gasteiger partial charge in [-0.1, -0.05) is 12.8 Å². The Hall–Kier alpha value is -1.06. The second kappa shape index (κ2) is 7.58. The molecule has 0 saturated carbocycles. The van der Waals surface area contributed by atoms with Crippen LogP contribution < -0.4 is 5.32 Å². The van der Waals surface area contributed by atoms with Gasteiger partial charge in [0.25, 0.3) is 0 Å². The number of amides is 1. The van der Waals surface area contributed by atoms with E-state index in [1.807, 2.05) is 0 Å². The molecule has 4 heteroatoms. The maximum absolute atomic E-state index is 10.7. The molecule has 0 heterocycles. The number of rotatable bonds is 7. The number of nitrogens with one attached hydrogen (secondary N) is 1. The lowest BCUT2D eigenvalue weighted by Crippen LogP contribution is -2.16. The lowest BCUT2D eigenvalue weighted by atomic mass is 10.1. The topological polar surface area (TPSA) is 66.4 Å². The zero-order valence-electron chi connectivity index (χ0n) is 8.01. The number of aliphatic carboxylic acids is 1. The van der Waals surface area contributed by atoms with Crippen molar-refractivity contribution in [1.29, 1.82) is 0 Å². The number of unbranched alkanes of at least 4 members (excludes halogenated alkanes) is 3. The Morgan fingerprint density at radius 1 is 1.08 bits per heavy atom. The van der Waals surface area contributed by atoms with E-state index in [9.17, 15) is 9.59 Å². The molecule has 76 valence electrons. The van der Waals surface area contributed by atoms with Gasteiger partial charge in [-0.25, -0.2) is 0 Å². The summed E-state index contributed by atoms with van der Waals surface area (Å²) in [5, 5.41) is 10.9. The minimum atomic E-state index is -0.744. The Morgan fingerprint density at radius 3 is 2.08 bits per heavy atom. The smallest absolute Gasteiger partial charge is 0.303 e. The van der Waals surface area contributed by atoms with Gasteiger partial charge in [-0.15, -0.1) is 0 Å². The van der Waals surface area contributed by atoms with Gasteiger partial charge in [0.15, 0.2) is 0 Å². The molecule has 0 atom stereocenters. The maximum Gasteiger partial charge on any atom is 0.303 e. The fourth-order valence-corrected chi connectivity index (χ4v) is 1.04. The van der Waals surface area contributed by atoms with Crippen molar-refractivity contribution in [3.8, 4) is 0 Å². The van der Waals surface area contributed by atoms with Crippen molar-refractivity contribution in [3.05, 3.63) is 0 Å². The fraction of sp³-hybridized carbons (Fsp3) is 0.778. The number of hydrogen-bond donors (Lipinski definition) is 2. The summed E-state index contributed by atoms with van der Waals surface area (Å²) in [4.78, 5) is 20.9. The third-order valence-corrected chi connectivity index (χ3v) is 1.82. The zero-order chi connectivity index (χ0) is 10.1. The van der Waals surface area contributed by atoms with Crippen LogP contribution in [0.1, 0.15) is 38.5 Å². The molecule has 0 aromatic carbocycles. The van der Waals surface area contributed by atoms with Crippen LogP contribution in [0.5, 0.6) is 0 Å². The molecule has 2 N–H and O–H groups in total. The summed E-state index contributed by atoms with van der Waals surface area (Å²) in [6, 6.07) is 0. The van der Waals surface area contributed by atoms with Crippen LogP contribution in [-0.4, -0.2) is 24.0 Å². The maximum atomic E-state index is 10.7. The van der Waals surface area contributed by atoms with E-state index in [4.69, 9.17) is 5.11 Å². The van der Waals surface area contributed by atoms with Crippen molar-refractivity contribution in [2.24, 2.45) is 0 Å². The van der Waals surface area contributed by atoms with Crippen LogP contribution in [0.2, 0.25) is 0 Å². The van der Waals surface area contributed by atoms with Gasteiger partial charge < -0.3 is 10.4 Å². The highest BCUT2D eigenvalue weighted by atomic mass is 16.4. The average Bonchev–Trinajstić information content (AvgIpc) is 2.10. The van der Waals surface area contributed by atoms with E-state index in [2.05, 4.69) is 5.32 Å². The summed E-state index contributed by atoms with van der Waals surface area (Å²) in [5.41, 5.74) is 0. The molecule has 0 aliphatic carbocycles. The first kappa shape index (κ1) is 11.9. The van der Waals surface area contributed by atoms with Gasteiger partial charge >= 0.3 is 5.97 Å². The molecule has 0 rings (SSSR count). The first-order valence-electron chi connectivity index (χ1n) is 4.59. The average molecular weight is 187 g/mol. The Bertz CT molecular complexity index is 168. The molecular weight excluding hydrogens is 170 g/mol. The Kier molecular flexibility index (Phi) is 6.96. The summed E-state index contributed by atoms with van der Waals surface area (Å²) in [5.74, 6) is -0.690. The van der Waals surface area contributed by atoms with Crippen LogP contribution in [0.4, 0.5) is 0 Å². The molecular formula is C9H17NO3. The number of carbonyl (C=O) groups is 2. The molecule has 0 aliphatic heterocycles. The van der Waals surface area contributed by atoms with Crippen LogP contribution in [0, 0.1) is 0 Å². The number of carboxylic acids is 1. The van der Waals surface area contributed by atoms with Crippen LogP contribution in [0.25, 0.3) is 0 Å². The van der Waals surface area contributed by atoms with Gasteiger partial charge in [-0.05, 0) is 12.8 Å². The van der Waals surface area contributed by atoms with Crippen molar-refractivity contribution in [2.75, 3.05) is 7.05 Å². The van der Waals surface area contributed by atoms with E-state index in [1.54, 1.807) is 7.05 Å². The highest BCUT2D eigenvalue weighted by Gasteiger charge is 1.98. The van der Waals surface area contributed by atoms with Gasteiger partial charge in [0.1, 0.15) is 0 Å². The second-order valence-corrected chi connectivity index (χ2v) is 2.98. The first-order chi connectivity index (χ1) is 6.16. The highest BCUT2D eigenvalue weighted by molar-refractivity contribution is 5.75. The molecule has 1 amide bonds. The van der Waals surface area contributed by atoms with E-state index in [0.717, 1.165) is 19.3 Å². The third kappa shape index (κ3) is 8.85. The van der Waals surface area contributed by atoms with E-state index in [1.165, 1.54) is 0 Å². The van der Waals surface area contributed by atoms with Crippen LogP contribution in [0.15, 0.2) is 0 Å². The van der Waals surface area contributed by atoms with Gasteiger partial charge in [-0.3, -0.25) is 9.59 Å². The number of hydrogen-bond acceptors (Lipinski definition) is 2. The Morgan fingerprint density at radius 2 is 1.62 bits per heavy atom. The minimum Gasteiger partial charge on any atom is -0.481 e. The van der Waals surface area contributed by atoms with Crippen molar-refractivity contribution in [1.82, 2.24) is 5.32 Å². The van der Waals surface area contributed by atoms with Crippen LogP contribution >= 0.6 is 0 Å². The van der Waals surface area contributed by atoms with Gasteiger partial charge in [0.2, 0.25) is 5.91 Å². The van der Waals surface area contributed by atoms with Crippen molar-refractivity contribution in [3.63, 3.8) is 0 Å². The van der Waals surface area contributed by atoms with E-state index in [0.29, 0.717) is 12.8 Å². The summed E-state index contributed by atoms with van der Waals surface area (Å²) in [7, 11) is 1.62. The third-order valence-electron chi connectivity index (χ3n) is 1.82. The summed E-state index contributed by atoms with van der Waals surface area (Å²) >= 11 is 0. The quantitative estimate of drug-likeness (QED) is 0.588. The lowest BCUT2D eigenvalue weighted by molar-refractivity contribution is -0.137. The van der Waals surface area contributed by atoms with Gasteiger partial charge in [-0.2, -0.15) is 0 Å². The highest BCUT2D eigenvalue weighted by Crippen LogP contribution is 2.04. The lowest BCUT2D eigenvalue weighted by Gasteiger charge is -1.99. The van der Waals surface area contributed by atoms with Crippen molar-refractivity contribution < 1.29 is 14.7 Å². The summed E-state index contributed by atoms with van der Waals surface area (Å²) in [6.07, 6.45) is 4.16. The summed E-state index contributed by atoms with van der Waals surface area (Å²) < 4.78 is 0. The van der Waals surface area contributed by atoms with Crippen LogP contribution in [-0.2, 0) is 9.59 Å². The Labute approximate surface area is 78.3 Å². The largest absolute Gasteiger partial charge is 0.481 e. The standard InChI is InChI=1S/C9H17NO3/c1-10-8(11)6-4-2-3-5-7-9(12)13/h2-7H2,1H3,(H,10,11)(H,12,13). The number of carboxylic acid groups (broad SMARTS) is 1. The van der Waals surface area contributed by atoms with E-state index in [-0.39, 0.29) is 12.3 Å². The molecule has 0 spiro atoms. The molecule has 0 aromatic rings. The normalized spacial score (nSPS) is 9.62. The van der Waals surface area contributed by atoms with Crippen molar-refractivity contribution >= 4 is 11.9 Å². The molecule has 13 heavy (non-hydrogen) atoms. The molecule has 0 bridgehead atoms. The van der Waals surface area contributed by atoms with Crippen molar-refractivity contribution in [2.45, 2.75) is 38.5 Å². The molecule has 0 saturated heterocycles. The molecule has 4 nitrogen and oxygen atoms in total. The van der Waals surface area contributed by atoms with Crippen LogP contribution in [0.3, 0.4) is 0 Å². The van der Waals surface area contributed by atoms with E-state index >= 15 is 0 Å². The zero-order valence-corrected chi connectivity index (χ0v) is 8.01. The second-order valence-electron chi connectivity index (χ2n) is 2.98. The molecule has 0 radical (unpaired) electrons. The van der Waals surface area contributed by atoms with E-state index < -0.39 is 5.97 Å². The first-order valence-corrected chi connectivity index (χ1v) is 4.59. The monoisotopic (exact) mass is 187 g/mol. The molecule has 0 fully saturated rings. The van der Waals surface area contributed by atoms with Gasteiger partial charge in [0.05, 0.1) is 0 Å². The molecule has 0 unspecified atom stereocenters. The molecule has 0 aromatic heterocycles. The number of carbonyl (C=O) groups excluding carboxylic acids is 1. The fourth-order valence-electron chi connectivity index (χ4n) is 1.04. The summed E-state index contributed by atoms with van der Waals surface area (Å²) in [6.45, 7) is 0. The SMILES string of the molecule is CNC(=O)CCCCCCC(=O)O.